The van der Waals surface area contributed by atoms with Crippen molar-refractivity contribution in [2.24, 2.45) is 0 Å². The predicted molar refractivity (Wildman–Crippen MR) is 96.1 cm³/mol. The van der Waals surface area contributed by atoms with E-state index in [9.17, 15) is 4.79 Å². The van der Waals surface area contributed by atoms with Crippen molar-refractivity contribution in [2.75, 3.05) is 6.54 Å². The molecule has 5 nitrogen and oxygen atoms in total. The number of thioether (sulfide) groups is 1. The van der Waals surface area contributed by atoms with Crippen LogP contribution in [0.3, 0.4) is 0 Å². The molecule has 1 fully saturated rings. The van der Waals surface area contributed by atoms with Crippen molar-refractivity contribution in [3.05, 3.63) is 41.7 Å². The molecule has 128 valence electrons. The van der Waals surface area contributed by atoms with Gasteiger partial charge in [-0.2, -0.15) is 0 Å². The van der Waals surface area contributed by atoms with Gasteiger partial charge in [0, 0.05) is 19.0 Å². The first kappa shape index (κ1) is 17.0. The van der Waals surface area contributed by atoms with Gasteiger partial charge in [-0.1, -0.05) is 42.1 Å². The zero-order chi connectivity index (χ0) is 16.9. The Balaban J connectivity index is 1.51. The molecule has 0 saturated heterocycles. The molecule has 2 aromatic rings. The smallest absolute Gasteiger partial charge is 0.233 e. The van der Waals surface area contributed by atoms with Gasteiger partial charge in [0.1, 0.15) is 5.82 Å². The van der Waals surface area contributed by atoms with Crippen LogP contribution in [0.25, 0.3) is 0 Å². The summed E-state index contributed by atoms with van der Waals surface area (Å²) in [7, 11) is 0. The molecule has 0 bridgehead atoms. The van der Waals surface area contributed by atoms with Gasteiger partial charge in [-0.3, -0.25) is 4.79 Å². The zero-order valence-corrected chi connectivity index (χ0v) is 15.1. The molecule has 1 unspecified atom stereocenters. The van der Waals surface area contributed by atoms with Crippen LogP contribution in [0.2, 0.25) is 0 Å². The molecule has 1 heterocycles. The van der Waals surface area contributed by atoms with Crippen LogP contribution in [0.1, 0.15) is 44.0 Å². The van der Waals surface area contributed by atoms with Gasteiger partial charge in [0.15, 0.2) is 5.16 Å². The summed E-state index contributed by atoms with van der Waals surface area (Å²) in [4.78, 5) is 12.3. The van der Waals surface area contributed by atoms with Gasteiger partial charge in [-0.25, -0.2) is 0 Å². The van der Waals surface area contributed by atoms with Crippen LogP contribution in [0.4, 0.5) is 0 Å². The van der Waals surface area contributed by atoms with E-state index < -0.39 is 0 Å². The molecule has 24 heavy (non-hydrogen) atoms. The second-order valence-electron chi connectivity index (χ2n) is 6.15. The molecule has 1 atom stereocenters. The number of aromatic nitrogens is 3. The van der Waals surface area contributed by atoms with Crippen LogP contribution < -0.4 is 5.32 Å². The van der Waals surface area contributed by atoms with Crippen molar-refractivity contribution in [1.29, 1.82) is 0 Å². The number of hydrogen-bond acceptors (Lipinski definition) is 4. The lowest BCUT2D eigenvalue weighted by molar-refractivity contribution is -0.120. The van der Waals surface area contributed by atoms with Gasteiger partial charge < -0.3 is 9.88 Å². The van der Waals surface area contributed by atoms with Crippen molar-refractivity contribution in [3.63, 3.8) is 0 Å². The number of carbonyl (C=O) groups excluding carboxylic acids is 1. The summed E-state index contributed by atoms with van der Waals surface area (Å²) >= 11 is 1.49. The van der Waals surface area contributed by atoms with Crippen molar-refractivity contribution in [3.8, 4) is 0 Å². The monoisotopic (exact) mass is 344 g/mol. The summed E-state index contributed by atoms with van der Waals surface area (Å²) in [6.45, 7) is 5.53. The molecule has 1 amide bonds. The Bertz CT molecular complexity index is 682. The largest absolute Gasteiger partial charge is 0.355 e. The van der Waals surface area contributed by atoms with Gasteiger partial charge >= 0.3 is 0 Å². The van der Waals surface area contributed by atoms with E-state index in [4.69, 9.17) is 0 Å². The minimum Gasteiger partial charge on any atom is -0.355 e. The molecule has 0 aliphatic heterocycles. The highest BCUT2D eigenvalue weighted by molar-refractivity contribution is 8.00. The Morgan fingerprint density at radius 1 is 1.33 bits per heavy atom. The standard InChI is InChI=1S/C18H24N4OS/c1-3-22-16(15-9-10-15)20-21-18(22)24-13(2)17(23)19-12-11-14-7-5-4-6-8-14/h4-8,13,15H,3,9-12H2,1-2H3,(H,19,23). The summed E-state index contributed by atoms with van der Waals surface area (Å²) in [6, 6.07) is 10.2. The minimum atomic E-state index is -0.178. The summed E-state index contributed by atoms with van der Waals surface area (Å²) in [5.41, 5.74) is 1.23. The molecular formula is C18H24N4OS. The third kappa shape index (κ3) is 4.17. The Hall–Kier alpha value is -1.82. The number of hydrogen-bond donors (Lipinski definition) is 1. The molecule has 1 aliphatic rings. The molecular weight excluding hydrogens is 320 g/mol. The minimum absolute atomic E-state index is 0.0505. The van der Waals surface area contributed by atoms with E-state index in [0.717, 1.165) is 23.9 Å². The maximum Gasteiger partial charge on any atom is 0.233 e. The molecule has 1 saturated carbocycles. The van der Waals surface area contributed by atoms with Crippen molar-refractivity contribution in [1.82, 2.24) is 20.1 Å². The van der Waals surface area contributed by atoms with Gasteiger partial charge in [0.25, 0.3) is 0 Å². The normalized spacial score (nSPS) is 15.2. The lowest BCUT2D eigenvalue weighted by Crippen LogP contribution is -2.32. The lowest BCUT2D eigenvalue weighted by atomic mass is 10.1. The Morgan fingerprint density at radius 2 is 2.08 bits per heavy atom. The maximum absolute atomic E-state index is 12.3. The van der Waals surface area contributed by atoms with Crippen LogP contribution in [0.5, 0.6) is 0 Å². The summed E-state index contributed by atoms with van der Waals surface area (Å²) in [5, 5.41) is 12.3. The summed E-state index contributed by atoms with van der Waals surface area (Å²) in [5.74, 6) is 1.70. The number of benzene rings is 1. The van der Waals surface area contributed by atoms with E-state index >= 15 is 0 Å². The topological polar surface area (TPSA) is 59.8 Å². The SMILES string of the molecule is CCn1c(SC(C)C(=O)NCCc2ccccc2)nnc1C1CC1. The molecule has 1 aromatic heterocycles. The second-order valence-corrected chi connectivity index (χ2v) is 7.45. The van der Waals surface area contributed by atoms with E-state index in [-0.39, 0.29) is 11.2 Å². The molecule has 0 radical (unpaired) electrons. The first-order valence-electron chi connectivity index (χ1n) is 8.60. The lowest BCUT2D eigenvalue weighted by Gasteiger charge is -2.12. The van der Waals surface area contributed by atoms with E-state index in [1.807, 2.05) is 25.1 Å². The summed E-state index contributed by atoms with van der Waals surface area (Å²) < 4.78 is 2.15. The average molecular weight is 344 g/mol. The van der Waals surface area contributed by atoms with E-state index in [0.29, 0.717) is 12.5 Å². The number of rotatable bonds is 8. The van der Waals surface area contributed by atoms with Crippen LogP contribution in [-0.4, -0.2) is 32.5 Å². The van der Waals surface area contributed by atoms with Gasteiger partial charge in [0.2, 0.25) is 5.91 Å². The summed E-state index contributed by atoms with van der Waals surface area (Å²) in [6.07, 6.45) is 3.26. The molecule has 6 heteroatoms. The number of nitrogens with one attached hydrogen (secondary N) is 1. The fraction of sp³-hybridized carbons (Fsp3) is 0.500. The van der Waals surface area contributed by atoms with Crippen molar-refractivity contribution in [2.45, 2.75) is 56.0 Å². The molecule has 1 aromatic carbocycles. The van der Waals surface area contributed by atoms with E-state index in [1.54, 1.807) is 0 Å². The fourth-order valence-corrected chi connectivity index (χ4v) is 3.60. The van der Waals surface area contributed by atoms with Crippen molar-refractivity contribution < 1.29 is 4.79 Å². The van der Waals surface area contributed by atoms with Crippen molar-refractivity contribution >= 4 is 17.7 Å². The highest BCUT2D eigenvalue weighted by Crippen LogP contribution is 2.40. The number of carbonyl (C=O) groups is 1. The molecule has 1 N–H and O–H groups in total. The van der Waals surface area contributed by atoms with Crippen LogP contribution in [-0.2, 0) is 17.8 Å². The van der Waals surface area contributed by atoms with Gasteiger partial charge in [0.05, 0.1) is 5.25 Å². The van der Waals surface area contributed by atoms with E-state index in [1.165, 1.54) is 30.2 Å². The highest BCUT2D eigenvalue weighted by Gasteiger charge is 2.30. The predicted octanol–water partition coefficient (Wildman–Crippen LogP) is 3.01. The first-order valence-corrected chi connectivity index (χ1v) is 9.48. The van der Waals surface area contributed by atoms with Gasteiger partial charge in [-0.05, 0) is 38.7 Å². The van der Waals surface area contributed by atoms with E-state index in [2.05, 4.69) is 39.1 Å². The quantitative estimate of drug-likeness (QED) is 0.748. The average Bonchev–Trinajstić information content (AvgIpc) is 3.37. The Kier molecular flexibility index (Phi) is 5.56. The number of nitrogens with zero attached hydrogens (tertiary/aromatic N) is 3. The Morgan fingerprint density at radius 3 is 2.75 bits per heavy atom. The molecule has 1 aliphatic carbocycles. The highest BCUT2D eigenvalue weighted by atomic mass is 32.2. The van der Waals surface area contributed by atoms with Gasteiger partial charge in [-0.15, -0.1) is 10.2 Å². The fourth-order valence-electron chi connectivity index (χ4n) is 2.66. The van der Waals surface area contributed by atoms with Crippen LogP contribution in [0.15, 0.2) is 35.5 Å². The first-order chi connectivity index (χ1) is 11.7. The zero-order valence-electron chi connectivity index (χ0n) is 14.2. The third-order valence-corrected chi connectivity index (χ3v) is 5.29. The van der Waals surface area contributed by atoms with Crippen LogP contribution in [0, 0.1) is 0 Å². The second kappa shape index (κ2) is 7.83. The maximum atomic E-state index is 12.3. The molecule has 0 spiro atoms. The number of amides is 1. The van der Waals surface area contributed by atoms with Crippen LogP contribution >= 0.6 is 11.8 Å². The molecule has 3 rings (SSSR count). The third-order valence-electron chi connectivity index (χ3n) is 4.21. The Labute approximate surface area is 147 Å².